The molecule has 0 saturated heterocycles. The van der Waals surface area contributed by atoms with E-state index in [9.17, 15) is 4.79 Å². The van der Waals surface area contributed by atoms with E-state index >= 15 is 0 Å². The number of nitrogens with zero attached hydrogens (tertiary/aromatic N) is 2. The molecule has 2 atom stereocenters. The van der Waals surface area contributed by atoms with Gasteiger partial charge in [0.15, 0.2) is 5.13 Å². The van der Waals surface area contributed by atoms with Crippen molar-refractivity contribution in [3.8, 4) is 0 Å². The Balaban J connectivity index is 1.91. The van der Waals surface area contributed by atoms with E-state index in [0.717, 1.165) is 22.8 Å². The van der Waals surface area contributed by atoms with E-state index in [0.29, 0.717) is 5.69 Å². The minimum absolute atomic E-state index is 0.00660. The molecular formula is C16H19N3O3S. The number of methoxy groups -OCH3 is 1. The molecule has 1 aliphatic heterocycles. The minimum Gasteiger partial charge on any atom is -0.452 e. The van der Waals surface area contributed by atoms with E-state index in [1.165, 1.54) is 18.4 Å². The molecule has 0 radical (unpaired) electrons. The molecule has 122 valence electrons. The van der Waals surface area contributed by atoms with E-state index in [1.807, 2.05) is 36.6 Å². The first-order valence-electron chi connectivity index (χ1n) is 7.42. The second-order valence-electron chi connectivity index (χ2n) is 5.48. The first-order chi connectivity index (χ1) is 11.1. The molecule has 2 aromatic rings. The van der Waals surface area contributed by atoms with Gasteiger partial charge in [-0.05, 0) is 25.0 Å². The van der Waals surface area contributed by atoms with Gasteiger partial charge in [0.2, 0.25) is 0 Å². The highest BCUT2D eigenvalue weighted by atomic mass is 32.1. The average Bonchev–Trinajstić information content (AvgIpc) is 3.02. The first kappa shape index (κ1) is 15.8. The van der Waals surface area contributed by atoms with Crippen LogP contribution >= 0.6 is 11.3 Å². The Kier molecular flexibility index (Phi) is 4.49. The summed E-state index contributed by atoms with van der Waals surface area (Å²) in [6.07, 6.45) is 0.403. The van der Waals surface area contributed by atoms with Crippen LogP contribution in [0.25, 0.3) is 0 Å². The van der Waals surface area contributed by atoms with E-state index < -0.39 is 0 Å². The summed E-state index contributed by atoms with van der Waals surface area (Å²) in [4.78, 5) is 18.1. The number of nitrogens with one attached hydrogen (secondary N) is 1. The zero-order valence-electron chi connectivity index (χ0n) is 13.0. The number of carbonyl (C=O) groups is 1. The lowest BCUT2D eigenvalue weighted by Crippen LogP contribution is -2.44. The molecule has 0 fully saturated rings. The van der Waals surface area contributed by atoms with Gasteiger partial charge in [0, 0.05) is 11.4 Å². The van der Waals surface area contributed by atoms with Crippen LogP contribution in [0.4, 0.5) is 15.6 Å². The number of aromatic nitrogens is 1. The SMILES string of the molecule is COC(=O)N1c2ccccc2C(Nc2nc(CO)cs2)CC1C. The van der Waals surface area contributed by atoms with Crippen LogP contribution in [0.15, 0.2) is 29.6 Å². The number of para-hydroxylation sites is 1. The monoisotopic (exact) mass is 333 g/mol. The van der Waals surface area contributed by atoms with Crippen LogP contribution in [0.2, 0.25) is 0 Å². The number of rotatable bonds is 3. The number of aliphatic hydroxyl groups excluding tert-OH is 1. The van der Waals surface area contributed by atoms with Crippen LogP contribution in [0.5, 0.6) is 0 Å². The number of thiazole rings is 1. The van der Waals surface area contributed by atoms with Crippen molar-refractivity contribution in [1.29, 1.82) is 0 Å². The topological polar surface area (TPSA) is 74.7 Å². The van der Waals surface area contributed by atoms with Gasteiger partial charge in [-0.25, -0.2) is 9.78 Å². The van der Waals surface area contributed by atoms with Gasteiger partial charge < -0.3 is 15.2 Å². The summed E-state index contributed by atoms with van der Waals surface area (Å²) < 4.78 is 4.92. The van der Waals surface area contributed by atoms with Gasteiger partial charge in [-0.3, -0.25) is 4.90 Å². The highest BCUT2D eigenvalue weighted by Gasteiger charge is 2.34. The molecule has 3 rings (SSSR count). The Bertz CT molecular complexity index is 703. The number of ether oxygens (including phenoxy) is 1. The molecule has 23 heavy (non-hydrogen) atoms. The standard InChI is InChI=1S/C16H19N3O3S/c1-10-7-13(18-15-17-11(8-20)9-23-15)12-5-3-4-6-14(12)19(10)16(21)22-2/h3-6,9-10,13,20H,7-8H2,1-2H3,(H,17,18). The fourth-order valence-corrected chi connectivity index (χ4v) is 3.68. The number of carbonyl (C=O) groups excluding carboxylic acids is 1. The Hall–Kier alpha value is -2.12. The van der Waals surface area contributed by atoms with E-state index in [2.05, 4.69) is 10.3 Å². The van der Waals surface area contributed by atoms with Gasteiger partial charge >= 0.3 is 6.09 Å². The predicted molar refractivity (Wildman–Crippen MR) is 89.8 cm³/mol. The molecule has 2 unspecified atom stereocenters. The van der Waals surface area contributed by atoms with Crippen LogP contribution in [0.1, 0.15) is 30.6 Å². The minimum atomic E-state index is -0.347. The normalized spacial score (nSPS) is 20.0. The van der Waals surface area contributed by atoms with Crippen molar-refractivity contribution in [2.75, 3.05) is 17.3 Å². The molecule has 6 nitrogen and oxygen atoms in total. The van der Waals surface area contributed by atoms with Crippen molar-refractivity contribution in [3.05, 3.63) is 40.9 Å². The van der Waals surface area contributed by atoms with Gasteiger partial charge in [0.05, 0.1) is 31.1 Å². The first-order valence-corrected chi connectivity index (χ1v) is 8.30. The zero-order chi connectivity index (χ0) is 16.4. The van der Waals surface area contributed by atoms with E-state index in [1.54, 1.807) is 4.90 Å². The van der Waals surface area contributed by atoms with E-state index in [4.69, 9.17) is 9.84 Å². The van der Waals surface area contributed by atoms with Crippen molar-refractivity contribution in [2.24, 2.45) is 0 Å². The van der Waals surface area contributed by atoms with Crippen LogP contribution in [0.3, 0.4) is 0 Å². The molecule has 1 aromatic carbocycles. The number of anilines is 2. The van der Waals surface area contributed by atoms with Crippen LogP contribution in [-0.4, -0.2) is 29.3 Å². The number of amides is 1. The molecule has 1 aromatic heterocycles. The summed E-state index contributed by atoms with van der Waals surface area (Å²) in [5.74, 6) is 0. The summed E-state index contributed by atoms with van der Waals surface area (Å²) in [7, 11) is 1.40. The number of hydrogen-bond donors (Lipinski definition) is 2. The summed E-state index contributed by atoms with van der Waals surface area (Å²) in [6.45, 7) is 1.94. The molecule has 2 N–H and O–H groups in total. The number of aliphatic hydroxyl groups is 1. The highest BCUT2D eigenvalue weighted by Crippen LogP contribution is 2.39. The van der Waals surface area contributed by atoms with Crippen molar-refractivity contribution in [1.82, 2.24) is 4.98 Å². The Morgan fingerprint density at radius 1 is 1.52 bits per heavy atom. The fourth-order valence-electron chi connectivity index (χ4n) is 2.92. The number of benzene rings is 1. The molecule has 1 amide bonds. The predicted octanol–water partition coefficient (Wildman–Crippen LogP) is 3.15. The zero-order valence-corrected chi connectivity index (χ0v) is 13.8. The van der Waals surface area contributed by atoms with Crippen LogP contribution in [0, 0.1) is 0 Å². The van der Waals surface area contributed by atoms with Crippen LogP contribution in [-0.2, 0) is 11.3 Å². The Morgan fingerprint density at radius 2 is 2.30 bits per heavy atom. The molecule has 0 bridgehead atoms. The largest absolute Gasteiger partial charge is 0.452 e. The third kappa shape index (κ3) is 3.02. The molecule has 0 aliphatic carbocycles. The Labute approximate surface area is 138 Å². The summed E-state index contributed by atoms with van der Waals surface area (Å²) in [5, 5.41) is 15.2. The van der Waals surface area contributed by atoms with Gasteiger partial charge in [-0.15, -0.1) is 11.3 Å². The second-order valence-corrected chi connectivity index (χ2v) is 6.34. The number of hydrogen-bond acceptors (Lipinski definition) is 6. The van der Waals surface area contributed by atoms with Gasteiger partial charge in [0.1, 0.15) is 0 Å². The summed E-state index contributed by atoms with van der Waals surface area (Å²) in [6, 6.07) is 7.87. The number of fused-ring (bicyclic) bond motifs is 1. The fraction of sp³-hybridized carbons (Fsp3) is 0.375. The third-order valence-electron chi connectivity index (χ3n) is 3.97. The quantitative estimate of drug-likeness (QED) is 0.902. The lowest BCUT2D eigenvalue weighted by Gasteiger charge is -2.38. The molecule has 2 heterocycles. The third-order valence-corrected chi connectivity index (χ3v) is 4.79. The molecule has 0 spiro atoms. The van der Waals surface area contributed by atoms with Crippen molar-refractivity contribution < 1.29 is 14.6 Å². The van der Waals surface area contributed by atoms with Crippen LogP contribution < -0.4 is 10.2 Å². The average molecular weight is 333 g/mol. The Morgan fingerprint density at radius 3 is 3.00 bits per heavy atom. The van der Waals surface area contributed by atoms with Crippen molar-refractivity contribution in [2.45, 2.75) is 32.0 Å². The highest BCUT2D eigenvalue weighted by molar-refractivity contribution is 7.13. The van der Waals surface area contributed by atoms with Crippen molar-refractivity contribution >= 4 is 28.2 Å². The van der Waals surface area contributed by atoms with E-state index in [-0.39, 0.29) is 24.8 Å². The molecule has 1 aliphatic rings. The van der Waals surface area contributed by atoms with Crippen molar-refractivity contribution in [3.63, 3.8) is 0 Å². The maximum absolute atomic E-state index is 12.1. The maximum atomic E-state index is 12.1. The molecular weight excluding hydrogens is 314 g/mol. The summed E-state index contributed by atoms with van der Waals surface area (Å²) >= 11 is 1.47. The summed E-state index contributed by atoms with van der Waals surface area (Å²) in [5.41, 5.74) is 2.55. The van der Waals surface area contributed by atoms with Gasteiger partial charge in [-0.2, -0.15) is 0 Å². The maximum Gasteiger partial charge on any atom is 0.414 e. The second kappa shape index (κ2) is 6.55. The molecule has 7 heteroatoms. The lowest BCUT2D eigenvalue weighted by atomic mass is 9.92. The molecule has 0 saturated carbocycles. The van der Waals surface area contributed by atoms with Gasteiger partial charge in [0.25, 0.3) is 0 Å². The lowest BCUT2D eigenvalue weighted by molar-refractivity contribution is 0.175. The smallest absolute Gasteiger partial charge is 0.414 e. The van der Waals surface area contributed by atoms with Gasteiger partial charge in [-0.1, -0.05) is 18.2 Å².